The van der Waals surface area contributed by atoms with Gasteiger partial charge in [0.2, 0.25) is 0 Å². The van der Waals surface area contributed by atoms with Crippen LogP contribution >= 0.6 is 28.3 Å². The number of furan rings is 1. The van der Waals surface area contributed by atoms with Gasteiger partial charge in [-0.2, -0.15) is 0 Å². The van der Waals surface area contributed by atoms with E-state index in [2.05, 4.69) is 26.6 Å². The first-order valence-electron chi connectivity index (χ1n) is 7.08. The molecule has 6 nitrogen and oxygen atoms in total. The average molecular weight is 417 g/mol. The summed E-state index contributed by atoms with van der Waals surface area (Å²) < 4.78 is 5.68. The van der Waals surface area contributed by atoms with Crippen molar-refractivity contribution in [1.29, 1.82) is 0 Å². The van der Waals surface area contributed by atoms with Crippen LogP contribution in [0.3, 0.4) is 0 Å². The van der Waals surface area contributed by atoms with E-state index in [0.29, 0.717) is 29.0 Å². The summed E-state index contributed by atoms with van der Waals surface area (Å²) in [5.41, 5.74) is 1.05. The third-order valence-electron chi connectivity index (χ3n) is 3.21. The molecule has 0 aliphatic carbocycles. The van der Waals surface area contributed by atoms with Crippen LogP contribution in [0.4, 0.5) is 5.69 Å². The van der Waals surface area contributed by atoms with Crippen LogP contribution in [0.2, 0.25) is 0 Å². The lowest BCUT2D eigenvalue weighted by Crippen LogP contribution is -2.32. The first-order valence-corrected chi connectivity index (χ1v) is 7.87. The molecule has 1 aromatic carbocycles. The standard InChI is InChI=1S/C16H18BrN3O3.ClH/c1-18-8-9-20(2)16(22)11-4-3-5-12(10-11)19-15(21)13-6-7-14(17)23-13;/h3-7,10,18H,8-9H2,1-2H3,(H,19,21);1H. The molecule has 8 heteroatoms. The summed E-state index contributed by atoms with van der Waals surface area (Å²) >= 11 is 3.15. The Labute approximate surface area is 155 Å². The molecule has 1 heterocycles. The third-order valence-corrected chi connectivity index (χ3v) is 3.63. The van der Waals surface area contributed by atoms with Gasteiger partial charge in [-0.25, -0.2) is 0 Å². The van der Waals surface area contributed by atoms with E-state index in [1.165, 1.54) is 0 Å². The van der Waals surface area contributed by atoms with E-state index in [0.717, 1.165) is 0 Å². The molecule has 0 fully saturated rings. The first-order chi connectivity index (χ1) is 11.0. The van der Waals surface area contributed by atoms with Crippen LogP contribution in [-0.4, -0.2) is 43.9 Å². The molecule has 0 aliphatic heterocycles. The predicted molar refractivity (Wildman–Crippen MR) is 98.9 cm³/mol. The van der Waals surface area contributed by atoms with E-state index >= 15 is 0 Å². The van der Waals surface area contributed by atoms with Gasteiger partial charge in [-0.1, -0.05) is 6.07 Å². The smallest absolute Gasteiger partial charge is 0.291 e. The number of carbonyl (C=O) groups excluding carboxylic acids is 2. The molecule has 0 spiro atoms. The van der Waals surface area contributed by atoms with Crippen molar-refractivity contribution in [3.8, 4) is 0 Å². The number of hydrogen-bond donors (Lipinski definition) is 2. The number of nitrogens with zero attached hydrogens (tertiary/aromatic N) is 1. The molecule has 0 saturated carbocycles. The monoisotopic (exact) mass is 415 g/mol. The van der Waals surface area contributed by atoms with Gasteiger partial charge in [0, 0.05) is 31.4 Å². The molecule has 2 aromatic rings. The van der Waals surface area contributed by atoms with Crippen LogP contribution in [0.5, 0.6) is 0 Å². The highest BCUT2D eigenvalue weighted by atomic mass is 79.9. The van der Waals surface area contributed by atoms with Crippen LogP contribution in [0.1, 0.15) is 20.9 Å². The van der Waals surface area contributed by atoms with Gasteiger partial charge in [-0.15, -0.1) is 12.4 Å². The lowest BCUT2D eigenvalue weighted by Gasteiger charge is -2.17. The summed E-state index contributed by atoms with van der Waals surface area (Å²) in [6.07, 6.45) is 0. The maximum Gasteiger partial charge on any atom is 0.291 e. The molecule has 2 N–H and O–H groups in total. The molecular weight excluding hydrogens is 398 g/mol. The summed E-state index contributed by atoms with van der Waals surface area (Å²) in [5.74, 6) is -0.277. The SMILES string of the molecule is CNCCN(C)C(=O)c1cccc(NC(=O)c2ccc(Br)o2)c1.Cl. The highest BCUT2D eigenvalue weighted by molar-refractivity contribution is 9.10. The number of halogens is 2. The minimum absolute atomic E-state index is 0. The molecule has 0 bridgehead atoms. The summed E-state index contributed by atoms with van der Waals surface area (Å²) in [4.78, 5) is 26.0. The largest absolute Gasteiger partial charge is 0.444 e. The van der Waals surface area contributed by atoms with Crippen LogP contribution in [-0.2, 0) is 0 Å². The van der Waals surface area contributed by atoms with Crippen molar-refractivity contribution in [2.45, 2.75) is 0 Å². The number of hydrogen-bond acceptors (Lipinski definition) is 4. The Morgan fingerprint density at radius 3 is 2.62 bits per heavy atom. The van der Waals surface area contributed by atoms with E-state index in [9.17, 15) is 9.59 Å². The van der Waals surface area contributed by atoms with Gasteiger partial charge in [0.05, 0.1) is 0 Å². The van der Waals surface area contributed by atoms with E-state index in [4.69, 9.17) is 4.42 Å². The maximum absolute atomic E-state index is 12.3. The van der Waals surface area contributed by atoms with E-state index in [-0.39, 0.29) is 30.0 Å². The Morgan fingerprint density at radius 2 is 2.00 bits per heavy atom. The topological polar surface area (TPSA) is 74.6 Å². The van der Waals surface area contributed by atoms with Crippen molar-refractivity contribution in [3.63, 3.8) is 0 Å². The van der Waals surface area contributed by atoms with Crippen LogP contribution < -0.4 is 10.6 Å². The van der Waals surface area contributed by atoms with Crippen molar-refractivity contribution in [2.24, 2.45) is 0 Å². The Kier molecular flexibility index (Phi) is 7.97. The number of nitrogens with one attached hydrogen (secondary N) is 2. The highest BCUT2D eigenvalue weighted by Gasteiger charge is 2.14. The van der Waals surface area contributed by atoms with E-state index in [1.807, 2.05) is 7.05 Å². The molecule has 2 rings (SSSR count). The second-order valence-electron chi connectivity index (χ2n) is 4.97. The number of likely N-dealkylation sites (N-methyl/N-ethyl adjacent to an activating group) is 2. The van der Waals surface area contributed by atoms with Gasteiger partial charge in [0.15, 0.2) is 10.4 Å². The molecule has 0 unspecified atom stereocenters. The number of anilines is 1. The number of carbonyl (C=O) groups is 2. The summed E-state index contributed by atoms with van der Waals surface area (Å²) in [7, 11) is 3.58. The van der Waals surface area contributed by atoms with Crippen LogP contribution in [0.15, 0.2) is 45.5 Å². The van der Waals surface area contributed by atoms with Crippen molar-refractivity contribution >= 4 is 45.8 Å². The molecular formula is C16H19BrClN3O3. The van der Waals surface area contributed by atoms with Gasteiger partial charge < -0.3 is 20.0 Å². The Bertz CT molecular complexity index is 705. The minimum atomic E-state index is -0.371. The lowest BCUT2D eigenvalue weighted by atomic mass is 10.1. The van der Waals surface area contributed by atoms with Gasteiger partial charge in [-0.05, 0) is 53.3 Å². The number of rotatable bonds is 6. The average Bonchev–Trinajstić information content (AvgIpc) is 2.98. The second kappa shape index (κ2) is 9.46. The minimum Gasteiger partial charge on any atom is -0.444 e. The molecule has 24 heavy (non-hydrogen) atoms. The normalized spacial score (nSPS) is 9.96. The van der Waals surface area contributed by atoms with Gasteiger partial charge >= 0.3 is 0 Å². The lowest BCUT2D eigenvalue weighted by molar-refractivity contribution is 0.0796. The Hall–Kier alpha value is -1.83. The Morgan fingerprint density at radius 1 is 1.25 bits per heavy atom. The van der Waals surface area contributed by atoms with Crippen molar-refractivity contribution in [2.75, 3.05) is 32.5 Å². The fourth-order valence-electron chi connectivity index (χ4n) is 1.96. The molecule has 0 radical (unpaired) electrons. The number of amides is 2. The van der Waals surface area contributed by atoms with Gasteiger partial charge in [-0.3, -0.25) is 9.59 Å². The van der Waals surface area contributed by atoms with Gasteiger partial charge in [0.1, 0.15) is 0 Å². The molecule has 0 atom stereocenters. The van der Waals surface area contributed by atoms with Crippen LogP contribution in [0.25, 0.3) is 0 Å². The third kappa shape index (κ3) is 5.36. The zero-order chi connectivity index (χ0) is 16.8. The van der Waals surface area contributed by atoms with Crippen molar-refractivity contribution in [1.82, 2.24) is 10.2 Å². The quantitative estimate of drug-likeness (QED) is 0.759. The van der Waals surface area contributed by atoms with Crippen molar-refractivity contribution < 1.29 is 14.0 Å². The summed E-state index contributed by atoms with van der Waals surface area (Å²) in [6.45, 7) is 1.32. The predicted octanol–water partition coefficient (Wildman–Crippen LogP) is 3.01. The zero-order valence-electron chi connectivity index (χ0n) is 13.3. The van der Waals surface area contributed by atoms with Crippen LogP contribution in [0, 0.1) is 0 Å². The summed E-state index contributed by atoms with van der Waals surface area (Å²) in [6, 6.07) is 10.0. The number of benzene rings is 1. The second-order valence-corrected chi connectivity index (χ2v) is 5.75. The fraction of sp³-hybridized carbons (Fsp3) is 0.250. The van der Waals surface area contributed by atoms with Gasteiger partial charge in [0.25, 0.3) is 11.8 Å². The highest BCUT2D eigenvalue weighted by Crippen LogP contribution is 2.17. The maximum atomic E-state index is 12.3. The molecule has 0 saturated heterocycles. The van der Waals surface area contributed by atoms with E-state index in [1.54, 1.807) is 48.3 Å². The van der Waals surface area contributed by atoms with Crippen molar-refractivity contribution in [3.05, 3.63) is 52.4 Å². The molecule has 2 amide bonds. The molecule has 0 aliphatic rings. The van der Waals surface area contributed by atoms with E-state index < -0.39 is 0 Å². The zero-order valence-corrected chi connectivity index (χ0v) is 15.7. The summed E-state index contributed by atoms with van der Waals surface area (Å²) in [5, 5.41) is 5.71. The fourth-order valence-corrected chi connectivity index (χ4v) is 2.27. The first kappa shape index (κ1) is 20.2. The molecule has 130 valence electrons. The molecule has 1 aromatic heterocycles. The Balaban J connectivity index is 0.00000288.